The van der Waals surface area contributed by atoms with Gasteiger partial charge in [-0.25, -0.2) is 9.97 Å². The zero-order valence-corrected chi connectivity index (χ0v) is 13.8. The van der Waals surface area contributed by atoms with Gasteiger partial charge in [-0.2, -0.15) is 0 Å². The number of aromatic nitrogens is 2. The van der Waals surface area contributed by atoms with Crippen molar-refractivity contribution in [3.8, 4) is 11.1 Å². The molecule has 2 amide bonds. The maximum Gasteiger partial charge on any atom is 0.312 e. The highest BCUT2D eigenvalue weighted by Crippen LogP contribution is 2.17. The minimum atomic E-state index is -0.481. The SMILES string of the molecule is CC(C)N1CCN(Cc2ncc(-c3ccccc3)cn2)C(=O)C1=O. The highest BCUT2D eigenvalue weighted by molar-refractivity contribution is 6.35. The summed E-state index contributed by atoms with van der Waals surface area (Å²) < 4.78 is 0. The first-order valence-corrected chi connectivity index (χ1v) is 8.02. The highest BCUT2D eigenvalue weighted by atomic mass is 16.2. The molecule has 1 aromatic heterocycles. The van der Waals surface area contributed by atoms with Crippen LogP contribution in [0.3, 0.4) is 0 Å². The highest BCUT2D eigenvalue weighted by Gasteiger charge is 2.33. The lowest BCUT2D eigenvalue weighted by Crippen LogP contribution is -2.55. The lowest BCUT2D eigenvalue weighted by atomic mass is 10.1. The Morgan fingerprint density at radius 3 is 2.25 bits per heavy atom. The molecule has 6 nitrogen and oxygen atoms in total. The quantitative estimate of drug-likeness (QED) is 0.803. The predicted octanol–water partition coefficient (Wildman–Crippen LogP) is 1.72. The maximum atomic E-state index is 12.2. The fourth-order valence-corrected chi connectivity index (χ4v) is 2.72. The van der Waals surface area contributed by atoms with E-state index in [4.69, 9.17) is 0 Å². The lowest BCUT2D eigenvalue weighted by Gasteiger charge is -2.35. The molecule has 0 saturated carbocycles. The number of benzene rings is 1. The van der Waals surface area contributed by atoms with Gasteiger partial charge in [0.25, 0.3) is 0 Å². The Morgan fingerprint density at radius 2 is 1.62 bits per heavy atom. The van der Waals surface area contributed by atoms with Crippen LogP contribution in [0.1, 0.15) is 19.7 Å². The Morgan fingerprint density at radius 1 is 0.958 bits per heavy atom. The van der Waals surface area contributed by atoms with Crippen molar-refractivity contribution in [3.05, 3.63) is 48.5 Å². The minimum absolute atomic E-state index is 0.0324. The summed E-state index contributed by atoms with van der Waals surface area (Å²) in [7, 11) is 0. The Balaban J connectivity index is 1.69. The summed E-state index contributed by atoms with van der Waals surface area (Å²) in [5.74, 6) is -0.392. The fraction of sp³-hybridized carbons (Fsp3) is 0.333. The van der Waals surface area contributed by atoms with Gasteiger partial charge >= 0.3 is 11.8 Å². The topological polar surface area (TPSA) is 66.4 Å². The second-order valence-electron chi connectivity index (χ2n) is 6.07. The van der Waals surface area contributed by atoms with Crippen LogP contribution in [0.2, 0.25) is 0 Å². The van der Waals surface area contributed by atoms with E-state index in [2.05, 4.69) is 9.97 Å². The first-order valence-electron chi connectivity index (χ1n) is 8.02. The number of amides is 2. The van der Waals surface area contributed by atoms with E-state index in [-0.39, 0.29) is 12.6 Å². The van der Waals surface area contributed by atoms with Crippen molar-refractivity contribution in [1.29, 1.82) is 0 Å². The van der Waals surface area contributed by atoms with Crippen LogP contribution in [-0.2, 0) is 16.1 Å². The van der Waals surface area contributed by atoms with Crippen molar-refractivity contribution in [2.75, 3.05) is 13.1 Å². The number of carbonyl (C=O) groups excluding carboxylic acids is 2. The molecule has 2 aromatic rings. The third kappa shape index (κ3) is 3.27. The van der Waals surface area contributed by atoms with Crippen LogP contribution >= 0.6 is 0 Å². The second kappa shape index (κ2) is 6.78. The lowest BCUT2D eigenvalue weighted by molar-refractivity contribution is -0.157. The van der Waals surface area contributed by atoms with Gasteiger partial charge in [0.2, 0.25) is 0 Å². The first kappa shape index (κ1) is 16.1. The van der Waals surface area contributed by atoms with E-state index >= 15 is 0 Å². The first-order chi connectivity index (χ1) is 11.6. The summed E-state index contributed by atoms with van der Waals surface area (Å²) in [6, 6.07) is 9.89. The van der Waals surface area contributed by atoms with Crippen LogP contribution in [0.4, 0.5) is 0 Å². The van der Waals surface area contributed by atoms with Gasteiger partial charge in [0.1, 0.15) is 5.82 Å². The van der Waals surface area contributed by atoms with Crippen LogP contribution in [0.5, 0.6) is 0 Å². The fourth-order valence-electron chi connectivity index (χ4n) is 2.72. The molecular formula is C18H20N4O2. The van der Waals surface area contributed by atoms with Crippen molar-refractivity contribution >= 4 is 11.8 Å². The van der Waals surface area contributed by atoms with Crippen molar-refractivity contribution in [2.45, 2.75) is 26.4 Å². The molecule has 0 unspecified atom stereocenters. The van der Waals surface area contributed by atoms with E-state index < -0.39 is 11.8 Å². The summed E-state index contributed by atoms with van der Waals surface area (Å²) in [4.78, 5) is 36.1. The third-order valence-electron chi connectivity index (χ3n) is 4.11. The second-order valence-corrected chi connectivity index (χ2v) is 6.07. The molecular weight excluding hydrogens is 304 g/mol. The molecule has 1 saturated heterocycles. The van der Waals surface area contributed by atoms with Crippen molar-refractivity contribution < 1.29 is 9.59 Å². The van der Waals surface area contributed by atoms with Gasteiger partial charge in [-0.1, -0.05) is 30.3 Å². The molecule has 1 aliphatic heterocycles. The van der Waals surface area contributed by atoms with Crippen LogP contribution in [-0.4, -0.2) is 50.7 Å². The van der Waals surface area contributed by atoms with E-state index in [1.165, 1.54) is 4.90 Å². The number of carbonyl (C=O) groups is 2. The van der Waals surface area contributed by atoms with Gasteiger partial charge in [-0.3, -0.25) is 9.59 Å². The van der Waals surface area contributed by atoms with Crippen molar-refractivity contribution in [3.63, 3.8) is 0 Å². The van der Waals surface area contributed by atoms with Crippen LogP contribution in [0, 0.1) is 0 Å². The summed E-state index contributed by atoms with van der Waals surface area (Å²) in [5.41, 5.74) is 1.97. The standard InChI is InChI=1S/C18H20N4O2/c1-13(2)22-9-8-21(17(23)18(22)24)12-16-19-10-15(11-20-16)14-6-4-3-5-7-14/h3-7,10-11,13H,8-9,12H2,1-2H3. The predicted molar refractivity (Wildman–Crippen MR) is 89.7 cm³/mol. The van der Waals surface area contributed by atoms with E-state index in [9.17, 15) is 9.59 Å². The molecule has 2 heterocycles. The van der Waals surface area contributed by atoms with Gasteiger partial charge < -0.3 is 9.80 Å². The molecule has 1 aromatic carbocycles. The van der Waals surface area contributed by atoms with Crippen LogP contribution in [0.15, 0.2) is 42.7 Å². The van der Waals surface area contributed by atoms with E-state index in [1.807, 2.05) is 44.2 Å². The number of hydrogen-bond acceptors (Lipinski definition) is 4. The van der Waals surface area contributed by atoms with Crippen LogP contribution in [0.25, 0.3) is 11.1 Å². The van der Waals surface area contributed by atoms with E-state index in [0.29, 0.717) is 18.9 Å². The van der Waals surface area contributed by atoms with Crippen molar-refractivity contribution in [2.24, 2.45) is 0 Å². The minimum Gasteiger partial charge on any atom is -0.330 e. The normalized spacial score (nSPS) is 15.3. The molecule has 0 atom stereocenters. The van der Waals surface area contributed by atoms with Gasteiger partial charge in [-0.05, 0) is 19.4 Å². The maximum absolute atomic E-state index is 12.2. The molecule has 124 valence electrons. The summed E-state index contributed by atoms with van der Waals surface area (Å²) in [6.07, 6.45) is 3.49. The molecule has 6 heteroatoms. The Labute approximate surface area is 141 Å². The van der Waals surface area contributed by atoms with Gasteiger partial charge in [0, 0.05) is 37.1 Å². The summed E-state index contributed by atoms with van der Waals surface area (Å²) in [6.45, 7) is 5.13. The molecule has 1 aliphatic rings. The number of piperazine rings is 1. The summed E-state index contributed by atoms with van der Waals surface area (Å²) in [5, 5.41) is 0. The van der Waals surface area contributed by atoms with Crippen molar-refractivity contribution in [1.82, 2.24) is 19.8 Å². The molecule has 24 heavy (non-hydrogen) atoms. The van der Waals surface area contributed by atoms with Crippen LogP contribution < -0.4 is 0 Å². The largest absolute Gasteiger partial charge is 0.330 e. The monoisotopic (exact) mass is 324 g/mol. The number of nitrogens with zero attached hydrogens (tertiary/aromatic N) is 4. The van der Waals surface area contributed by atoms with Gasteiger partial charge in [-0.15, -0.1) is 0 Å². The Kier molecular flexibility index (Phi) is 4.55. The Bertz CT molecular complexity index is 728. The third-order valence-corrected chi connectivity index (χ3v) is 4.11. The smallest absolute Gasteiger partial charge is 0.312 e. The molecule has 0 N–H and O–H groups in total. The molecule has 0 aliphatic carbocycles. The van der Waals surface area contributed by atoms with E-state index in [0.717, 1.165) is 11.1 Å². The average molecular weight is 324 g/mol. The molecule has 1 fully saturated rings. The molecule has 0 spiro atoms. The summed E-state index contributed by atoms with van der Waals surface area (Å²) >= 11 is 0. The zero-order valence-electron chi connectivity index (χ0n) is 13.8. The molecule has 0 radical (unpaired) electrons. The molecule has 0 bridgehead atoms. The number of rotatable bonds is 4. The zero-order chi connectivity index (χ0) is 17.1. The molecule has 3 rings (SSSR count). The van der Waals surface area contributed by atoms with Gasteiger partial charge in [0.05, 0.1) is 6.54 Å². The number of hydrogen-bond donors (Lipinski definition) is 0. The van der Waals surface area contributed by atoms with Gasteiger partial charge in [0.15, 0.2) is 0 Å². The Hall–Kier alpha value is -2.76. The van der Waals surface area contributed by atoms with E-state index in [1.54, 1.807) is 17.3 Å². The average Bonchev–Trinajstić information content (AvgIpc) is 2.60.